The van der Waals surface area contributed by atoms with E-state index in [4.69, 9.17) is 4.74 Å². The Balaban J connectivity index is 1.35. The van der Waals surface area contributed by atoms with Crippen LogP contribution in [0.25, 0.3) is 0 Å². The zero-order valence-electron chi connectivity index (χ0n) is 18.5. The Kier molecular flexibility index (Phi) is 5.82. The number of carbonyl (C=O) groups excluding carboxylic acids is 1. The first-order chi connectivity index (χ1) is 14.3. The third-order valence-corrected chi connectivity index (χ3v) is 7.80. The molecule has 2 aromatic rings. The monoisotopic (exact) mass is 428 g/mol. The molecule has 162 valence electrons. The minimum atomic E-state index is -0.197. The van der Waals surface area contributed by atoms with Gasteiger partial charge < -0.3 is 14.7 Å². The highest BCUT2D eigenvalue weighted by atomic mass is 32.1. The lowest BCUT2D eigenvalue weighted by Crippen LogP contribution is -2.50. The number of carbonyl (C=O) groups is 1. The summed E-state index contributed by atoms with van der Waals surface area (Å²) in [5, 5.41) is 12.3. The second-order valence-corrected chi connectivity index (χ2v) is 9.89. The fourth-order valence-electron chi connectivity index (χ4n) is 4.60. The van der Waals surface area contributed by atoms with E-state index in [-0.39, 0.29) is 11.5 Å². The maximum absolute atomic E-state index is 12.5. The Hall–Kier alpha value is -2.05. The van der Waals surface area contributed by atoms with Gasteiger partial charge in [0.1, 0.15) is 17.1 Å². The molecule has 1 fully saturated rings. The molecule has 0 radical (unpaired) electrons. The van der Waals surface area contributed by atoms with Crippen molar-refractivity contribution in [2.75, 3.05) is 32.7 Å². The topological polar surface area (TPSA) is 53.0 Å². The summed E-state index contributed by atoms with van der Waals surface area (Å²) in [6.07, 6.45) is 2.86. The Morgan fingerprint density at radius 2 is 1.90 bits per heavy atom. The summed E-state index contributed by atoms with van der Waals surface area (Å²) in [7, 11) is 0. The van der Waals surface area contributed by atoms with Crippen LogP contribution in [0.1, 0.15) is 51.7 Å². The number of benzene rings is 1. The molecule has 5 nitrogen and oxygen atoms in total. The SMILES string of the molecule is Cc1c(C)c2c(c(C)c1O)CCC(C)(CCN1CCN(C(=O)c3cccs3)CC1)O2. The van der Waals surface area contributed by atoms with E-state index in [0.29, 0.717) is 5.75 Å². The fraction of sp³-hybridized carbons (Fsp3) is 0.542. The van der Waals surface area contributed by atoms with Crippen molar-refractivity contribution in [1.29, 1.82) is 0 Å². The number of phenols is 1. The molecule has 0 saturated carbocycles. The van der Waals surface area contributed by atoms with Crippen LogP contribution >= 0.6 is 11.3 Å². The van der Waals surface area contributed by atoms with E-state index in [0.717, 1.165) is 84.9 Å². The number of ether oxygens (including phenoxy) is 1. The molecule has 1 aromatic heterocycles. The lowest BCUT2D eigenvalue weighted by molar-refractivity contribution is 0.0338. The molecule has 1 unspecified atom stereocenters. The predicted molar refractivity (Wildman–Crippen MR) is 121 cm³/mol. The van der Waals surface area contributed by atoms with E-state index < -0.39 is 0 Å². The van der Waals surface area contributed by atoms with Crippen LogP contribution in [0.3, 0.4) is 0 Å². The first-order valence-corrected chi connectivity index (χ1v) is 11.7. The summed E-state index contributed by atoms with van der Waals surface area (Å²) in [5.74, 6) is 1.55. The van der Waals surface area contributed by atoms with Crippen molar-refractivity contribution in [3.63, 3.8) is 0 Å². The van der Waals surface area contributed by atoms with Gasteiger partial charge in [-0.2, -0.15) is 0 Å². The average molecular weight is 429 g/mol. The zero-order chi connectivity index (χ0) is 21.5. The molecule has 2 aliphatic rings. The Labute approximate surface area is 183 Å². The normalized spacial score (nSPS) is 21.9. The number of thiophene rings is 1. The van der Waals surface area contributed by atoms with Crippen LogP contribution in [0.15, 0.2) is 17.5 Å². The Morgan fingerprint density at radius 1 is 1.17 bits per heavy atom. The molecule has 1 N–H and O–H groups in total. The van der Waals surface area contributed by atoms with Crippen molar-refractivity contribution in [3.8, 4) is 11.5 Å². The molecule has 0 spiro atoms. The Morgan fingerprint density at radius 3 is 2.57 bits per heavy atom. The molecule has 1 atom stereocenters. The first-order valence-electron chi connectivity index (χ1n) is 10.8. The van der Waals surface area contributed by atoms with Gasteiger partial charge in [0.15, 0.2) is 0 Å². The molecule has 1 saturated heterocycles. The number of rotatable bonds is 4. The highest BCUT2D eigenvalue weighted by molar-refractivity contribution is 7.12. The Bertz CT molecular complexity index is 933. The van der Waals surface area contributed by atoms with Gasteiger partial charge >= 0.3 is 0 Å². The second kappa shape index (κ2) is 8.23. The number of nitrogens with zero attached hydrogens (tertiary/aromatic N) is 2. The van der Waals surface area contributed by atoms with E-state index in [1.165, 1.54) is 11.3 Å². The largest absolute Gasteiger partial charge is 0.507 e. The summed E-state index contributed by atoms with van der Waals surface area (Å²) in [6.45, 7) is 12.6. The summed E-state index contributed by atoms with van der Waals surface area (Å²) >= 11 is 1.52. The van der Waals surface area contributed by atoms with Crippen LogP contribution in [0.4, 0.5) is 0 Å². The highest BCUT2D eigenvalue weighted by Crippen LogP contribution is 2.44. The number of amides is 1. The third kappa shape index (κ3) is 3.95. The number of fused-ring (bicyclic) bond motifs is 1. The molecule has 4 rings (SSSR count). The molecular formula is C24H32N2O3S. The molecule has 30 heavy (non-hydrogen) atoms. The molecule has 0 aliphatic carbocycles. The maximum atomic E-state index is 12.5. The molecule has 6 heteroatoms. The number of aromatic hydroxyl groups is 1. The number of phenolic OH excluding ortho intramolecular Hbond substituents is 1. The lowest BCUT2D eigenvalue weighted by atomic mass is 9.85. The van der Waals surface area contributed by atoms with Gasteiger partial charge in [0.25, 0.3) is 5.91 Å². The molecule has 3 heterocycles. The van der Waals surface area contributed by atoms with Gasteiger partial charge in [-0.25, -0.2) is 0 Å². The van der Waals surface area contributed by atoms with Crippen LogP contribution in [0.2, 0.25) is 0 Å². The van der Waals surface area contributed by atoms with E-state index in [1.807, 2.05) is 43.2 Å². The van der Waals surface area contributed by atoms with Crippen LogP contribution in [0.5, 0.6) is 11.5 Å². The van der Waals surface area contributed by atoms with Gasteiger partial charge in [0.05, 0.1) is 4.88 Å². The van der Waals surface area contributed by atoms with Gasteiger partial charge in [0.2, 0.25) is 0 Å². The van der Waals surface area contributed by atoms with Gasteiger partial charge in [-0.05, 0) is 75.1 Å². The minimum Gasteiger partial charge on any atom is -0.507 e. The summed E-state index contributed by atoms with van der Waals surface area (Å²) < 4.78 is 6.57. The standard InChI is InChI=1S/C24H32N2O3S/c1-16-17(2)22-19(18(3)21(16)27)7-8-24(4,29-22)9-10-25-11-13-26(14-12-25)23(28)20-6-5-15-30-20/h5-6,15,27H,7-14H2,1-4H3. The lowest BCUT2D eigenvalue weighted by Gasteiger charge is -2.40. The molecule has 1 amide bonds. The van der Waals surface area contributed by atoms with Crippen molar-refractivity contribution in [1.82, 2.24) is 9.80 Å². The number of piperazine rings is 1. The molecule has 0 bridgehead atoms. The maximum Gasteiger partial charge on any atom is 0.264 e. The summed E-state index contributed by atoms with van der Waals surface area (Å²) in [6, 6.07) is 3.84. The van der Waals surface area contributed by atoms with Gasteiger partial charge in [-0.3, -0.25) is 9.69 Å². The van der Waals surface area contributed by atoms with E-state index in [2.05, 4.69) is 11.8 Å². The van der Waals surface area contributed by atoms with Crippen LogP contribution in [0, 0.1) is 20.8 Å². The summed E-state index contributed by atoms with van der Waals surface area (Å²) in [5.41, 5.74) is 3.90. The van der Waals surface area contributed by atoms with Crippen molar-refractivity contribution in [2.24, 2.45) is 0 Å². The second-order valence-electron chi connectivity index (χ2n) is 8.94. The van der Waals surface area contributed by atoms with Gasteiger partial charge in [0, 0.05) is 38.3 Å². The van der Waals surface area contributed by atoms with Crippen molar-refractivity contribution < 1.29 is 14.6 Å². The summed E-state index contributed by atoms with van der Waals surface area (Å²) in [4.78, 5) is 17.8. The minimum absolute atomic E-state index is 0.160. The number of hydrogen-bond donors (Lipinski definition) is 1. The van der Waals surface area contributed by atoms with E-state index in [1.54, 1.807) is 0 Å². The molecule has 2 aliphatic heterocycles. The van der Waals surface area contributed by atoms with Crippen molar-refractivity contribution in [2.45, 2.75) is 52.6 Å². The molecule has 1 aromatic carbocycles. The van der Waals surface area contributed by atoms with Crippen LogP contribution < -0.4 is 4.74 Å². The molecular weight excluding hydrogens is 396 g/mol. The fourth-order valence-corrected chi connectivity index (χ4v) is 5.29. The van der Waals surface area contributed by atoms with Crippen LogP contribution in [-0.2, 0) is 6.42 Å². The van der Waals surface area contributed by atoms with Gasteiger partial charge in [-0.15, -0.1) is 11.3 Å². The van der Waals surface area contributed by atoms with E-state index in [9.17, 15) is 9.90 Å². The van der Waals surface area contributed by atoms with Crippen molar-refractivity contribution >= 4 is 17.2 Å². The van der Waals surface area contributed by atoms with Crippen LogP contribution in [-0.4, -0.2) is 59.1 Å². The first kappa shape index (κ1) is 21.2. The third-order valence-electron chi connectivity index (χ3n) is 6.94. The number of hydrogen-bond acceptors (Lipinski definition) is 5. The smallest absolute Gasteiger partial charge is 0.264 e. The predicted octanol–water partition coefficient (Wildman–Crippen LogP) is 4.31. The quantitative estimate of drug-likeness (QED) is 0.788. The average Bonchev–Trinajstić information content (AvgIpc) is 3.30. The van der Waals surface area contributed by atoms with Gasteiger partial charge in [-0.1, -0.05) is 6.07 Å². The zero-order valence-corrected chi connectivity index (χ0v) is 19.3. The van der Waals surface area contributed by atoms with E-state index >= 15 is 0 Å². The highest BCUT2D eigenvalue weighted by Gasteiger charge is 2.35. The van der Waals surface area contributed by atoms with Crippen molar-refractivity contribution in [3.05, 3.63) is 44.6 Å².